The average Bonchev–Trinajstić information content (AvgIpc) is 2.70. The van der Waals surface area contributed by atoms with Gasteiger partial charge in [-0.25, -0.2) is 22.4 Å². The van der Waals surface area contributed by atoms with Gasteiger partial charge in [0.25, 0.3) is 0 Å². The molecule has 8 heteroatoms. The molecular formula is C20H13F4NO3. The summed E-state index contributed by atoms with van der Waals surface area (Å²) in [5.41, 5.74) is -2.47. The molecule has 1 N–H and O–H groups in total. The summed E-state index contributed by atoms with van der Waals surface area (Å²) in [6.45, 7) is 0. The lowest BCUT2D eigenvalue weighted by Crippen LogP contribution is -2.11. The zero-order valence-electron chi connectivity index (χ0n) is 14.5. The van der Waals surface area contributed by atoms with Gasteiger partial charge in [-0.15, -0.1) is 0 Å². The van der Waals surface area contributed by atoms with Crippen LogP contribution in [0.3, 0.4) is 0 Å². The minimum atomic E-state index is -1.61. The molecule has 0 aliphatic rings. The minimum absolute atomic E-state index is 0.109. The Kier molecular flexibility index (Phi) is 5.30. The number of methoxy groups -OCH3 is 1. The van der Waals surface area contributed by atoms with Crippen LogP contribution in [0, 0.1) is 23.3 Å². The SMILES string of the molecule is COc1cccc(-c2c(F)c(F)c(Cc3ncccc3C(=O)O)c(F)c2F)c1. The predicted octanol–water partition coefficient (Wildman–Crippen LogP) is 4.60. The number of halogens is 4. The van der Waals surface area contributed by atoms with Crippen molar-refractivity contribution in [2.24, 2.45) is 0 Å². The van der Waals surface area contributed by atoms with Crippen molar-refractivity contribution in [3.05, 3.63) is 82.7 Å². The molecule has 4 nitrogen and oxygen atoms in total. The Balaban J connectivity index is 2.15. The van der Waals surface area contributed by atoms with Crippen molar-refractivity contribution in [1.29, 1.82) is 0 Å². The summed E-state index contributed by atoms with van der Waals surface area (Å²) in [6, 6.07) is 7.95. The molecule has 0 aliphatic carbocycles. The first kappa shape index (κ1) is 19.3. The Morgan fingerprint density at radius 2 is 1.71 bits per heavy atom. The molecule has 2 aromatic carbocycles. The molecule has 0 saturated carbocycles. The lowest BCUT2D eigenvalue weighted by molar-refractivity contribution is 0.0695. The third kappa shape index (κ3) is 3.40. The van der Waals surface area contributed by atoms with E-state index >= 15 is 0 Å². The third-order valence-electron chi connectivity index (χ3n) is 4.18. The van der Waals surface area contributed by atoms with E-state index in [0.717, 1.165) is 0 Å². The Hall–Kier alpha value is -3.42. The minimum Gasteiger partial charge on any atom is -0.497 e. The van der Waals surface area contributed by atoms with E-state index in [1.165, 1.54) is 49.7 Å². The second-order valence-electron chi connectivity index (χ2n) is 5.82. The van der Waals surface area contributed by atoms with E-state index in [1.807, 2.05) is 0 Å². The molecule has 0 amide bonds. The monoisotopic (exact) mass is 391 g/mol. The topological polar surface area (TPSA) is 59.4 Å². The fraction of sp³-hybridized carbons (Fsp3) is 0.100. The highest BCUT2D eigenvalue weighted by Crippen LogP contribution is 2.34. The number of ether oxygens (including phenoxy) is 1. The number of hydrogen-bond acceptors (Lipinski definition) is 3. The predicted molar refractivity (Wildman–Crippen MR) is 92.3 cm³/mol. The molecule has 3 aromatic rings. The van der Waals surface area contributed by atoms with Gasteiger partial charge in [0.05, 0.1) is 23.9 Å². The fourth-order valence-electron chi connectivity index (χ4n) is 2.81. The number of aromatic carboxylic acids is 1. The first-order valence-corrected chi connectivity index (χ1v) is 8.01. The number of rotatable bonds is 5. The number of hydrogen-bond donors (Lipinski definition) is 1. The Morgan fingerprint density at radius 1 is 1.04 bits per heavy atom. The van der Waals surface area contributed by atoms with E-state index in [1.54, 1.807) is 0 Å². The van der Waals surface area contributed by atoms with Crippen molar-refractivity contribution >= 4 is 5.97 Å². The van der Waals surface area contributed by atoms with Crippen LogP contribution in [0.5, 0.6) is 5.75 Å². The molecule has 0 radical (unpaired) electrons. The van der Waals surface area contributed by atoms with Crippen molar-refractivity contribution in [1.82, 2.24) is 4.98 Å². The van der Waals surface area contributed by atoms with E-state index in [4.69, 9.17) is 9.84 Å². The maximum absolute atomic E-state index is 14.6. The molecular weight excluding hydrogens is 378 g/mol. The molecule has 0 fully saturated rings. The standard InChI is InChI=1S/C20H13F4NO3/c1-28-11-5-2-4-10(8-11)15-18(23)16(21)13(17(22)19(15)24)9-14-12(20(26)27)6-3-7-25-14/h2-8H,9H2,1H3,(H,26,27). The molecule has 1 heterocycles. The number of carboxylic acids is 1. The van der Waals surface area contributed by atoms with Crippen LogP contribution in [0.1, 0.15) is 21.6 Å². The summed E-state index contributed by atoms with van der Waals surface area (Å²) in [6.07, 6.45) is 0.487. The van der Waals surface area contributed by atoms with Crippen LogP contribution in [0.4, 0.5) is 17.6 Å². The first-order valence-electron chi connectivity index (χ1n) is 8.01. The molecule has 0 bridgehead atoms. The van der Waals surface area contributed by atoms with Crippen molar-refractivity contribution in [2.45, 2.75) is 6.42 Å². The number of benzene rings is 2. The molecule has 0 unspecified atom stereocenters. The van der Waals surface area contributed by atoms with Gasteiger partial charge in [-0.1, -0.05) is 12.1 Å². The van der Waals surface area contributed by atoms with Crippen molar-refractivity contribution < 1.29 is 32.2 Å². The van der Waals surface area contributed by atoms with Crippen molar-refractivity contribution in [3.8, 4) is 16.9 Å². The maximum atomic E-state index is 14.6. The van der Waals surface area contributed by atoms with Gasteiger partial charge in [0.2, 0.25) is 0 Å². The number of nitrogens with zero attached hydrogens (tertiary/aromatic N) is 1. The third-order valence-corrected chi connectivity index (χ3v) is 4.18. The van der Waals surface area contributed by atoms with Crippen LogP contribution in [0.15, 0.2) is 42.6 Å². The second-order valence-corrected chi connectivity index (χ2v) is 5.82. The Labute approximate surface area is 157 Å². The first-order chi connectivity index (χ1) is 13.3. The molecule has 1 aromatic heterocycles. The van der Waals surface area contributed by atoms with Gasteiger partial charge >= 0.3 is 5.97 Å². The average molecular weight is 391 g/mol. The van der Waals surface area contributed by atoms with Crippen LogP contribution in [-0.2, 0) is 6.42 Å². The number of carbonyl (C=O) groups is 1. The van der Waals surface area contributed by atoms with Crippen LogP contribution in [0.25, 0.3) is 11.1 Å². The largest absolute Gasteiger partial charge is 0.497 e. The summed E-state index contributed by atoms with van der Waals surface area (Å²) in [5.74, 6) is -7.53. The summed E-state index contributed by atoms with van der Waals surface area (Å²) in [4.78, 5) is 15.0. The van der Waals surface area contributed by atoms with Gasteiger partial charge in [-0.3, -0.25) is 4.98 Å². The van der Waals surface area contributed by atoms with Crippen LogP contribution < -0.4 is 4.74 Å². The van der Waals surface area contributed by atoms with Gasteiger partial charge in [0, 0.05) is 18.2 Å². The maximum Gasteiger partial charge on any atom is 0.337 e. The zero-order chi connectivity index (χ0) is 20.4. The van der Waals surface area contributed by atoms with Gasteiger partial charge in [0.1, 0.15) is 5.75 Å². The van der Waals surface area contributed by atoms with Gasteiger partial charge in [-0.05, 0) is 29.8 Å². The lowest BCUT2D eigenvalue weighted by atomic mass is 9.97. The summed E-state index contributed by atoms with van der Waals surface area (Å²) in [7, 11) is 1.34. The van der Waals surface area contributed by atoms with Crippen LogP contribution in [0.2, 0.25) is 0 Å². The highest BCUT2D eigenvalue weighted by Gasteiger charge is 2.27. The van der Waals surface area contributed by atoms with E-state index < -0.39 is 46.8 Å². The molecule has 28 heavy (non-hydrogen) atoms. The zero-order valence-corrected chi connectivity index (χ0v) is 14.5. The van der Waals surface area contributed by atoms with E-state index in [-0.39, 0.29) is 22.6 Å². The summed E-state index contributed by atoms with van der Waals surface area (Å²) >= 11 is 0. The molecule has 0 aliphatic heterocycles. The Morgan fingerprint density at radius 3 is 2.32 bits per heavy atom. The van der Waals surface area contributed by atoms with Gasteiger partial charge < -0.3 is 9.84 Å². The highest BCUT2D eigenvalue weighted by atomic mass is 19.2. The van der Waals surface area contributed by atoms with Gasteiger partial charge in [-0.2, -0.15) is 0 Å². The second kappa shape index (κ2) is 7.67. The van der Waals surface area contributed by atoms with Crippen molar-refractivity contribution in [2.75, 3.05) is 7.11 Å². The quantitative estimate of drug-likeness (QED) is 0.510. The molecule has 0 saturated heterocycles. The van der Waals surface area contributed by atoms with Crippen LogP contribution >= 0.6 is 0 Å². The summed E-state index contributed by atoms with van der Waals surface area (Å²) in [5, 5.41) is 9.15. The van der Waals surface area contributed by atoms with Crippen LogP contribution in [-0.4, -0.2) is 23.2 Å². The highest BCUT2D eigenvalue weighted by molar-refractivity contribution is 5.88. The Bertz CT molecular complexity index is 1040. The number of carboxylic acid groups (broad SMARTS) is 1. The van der Waals surface area contributed by atoms with Gasteiger partial charge in [0.15, 0.2) is 23.3 Å². The molecule has 0 atom stereocenters. The normalized spacial score (nSPS) is 10.8. The molecule has 3 rings (SSSR count). The molecule has 144 valence electrons. The number of pyridine rings is 1. The fourth-order valence-corrected chi connectivity index (χ4v) is 2.81. The summed E-state index contributed by atoms with van der Waals surface area (Å²) < 4.78 is 63.4. The van der Waals surface area contributed by atoms with E-state index in [9.17, 15) is 22.4 Å². The molecule has 0 spiro atoms. The number of aromatic nitrogens is 1. The van der Waals surface area contributed by atoms with Crippen molar-refractivity contribution in [3.63, 3.8) is 0 Å². The smallest absolute Gasteiger partial charge is 0.337 e. The van der Waals surface area contributed by atoms with E-state index in [0.29, 0.717) is 0 Å². The lowest BCUT2D eigenvalue weighted by Gasteiger charge is -2.13. The van der Waals surface area contributed by atoms with E-state index in [2.05, 4.69) is 4.98 Å².